The van der Waals surface area contributed by atoms with Gasteiger partial charge in [-0.05, 0) is 30.0 Å². The zero-order chi connectivity index (χ0) is 10.4. The quantitative estimate of drug-likeness (QED) is 0.437. The molecule has 0 radical (unpaired) electrons. The highest BCUT2D eigenvalue weighted by atomic mass is 35.5. The lowest BCUT2D eigenvalue weighted by atomic mass is 10.1. The van der Waals surface area contributed by atoms with E-state index in [2.05, 4.69) is 0 Å². The highest BCUT2D eigenvalue weighted by Gasteiger charge is 2.03. The Morgan fingerprint density at radius 3 is 2.64 bits per heavy atom. The van der Waals surface area contributed by atoms with E-state index in [0.29, 0.717) is 6.42 Å². The minimum absolute atomic E-state index is 0.305. The predicted octanol–water partition coefficient (Wildman–Crippen LogP) is 2.98. The number of aryl methyl sites for hydroxylation is 1. The van der Waals surface area contributed by atoms with Crippen LogP contribution in [0, 0.1) is 10.1 Å². The normalized spacial score (nSPS) is 11.4. The van der Waals surface area contributed by atoms with Gasteiger partial charge >= 0.3 is 5.16 Å². The van der Waals surface area contributed by atoms with Gasteiger partial charge in [-0.2, -0.15) is 0 Å². The summed E-state index contributed by atoms with van der Waals surface area (Å²) in [6, 6.07) is 9.77. The Kier molecular flexibility index (Phi) is 4.13. The van der Waals surface area contributed by atoms with Gasteiger partial charge in [0.05, 0.1) is 4.92 Å². The summed E-state index contributed by atoms with van der Waals surface area (Å²) < 4.78 is 0. The second-order valence-corrected chi connectivity index (χ2v) is 3.20. The van der Waals surface area contributed by atoms with Crippen molar-refractivity contribution in [3.05, 3.63) is 57.2 Å². The number of hydrogen-bond acceptors (Lipinski definition) is 2. The molecule has 0 heterocycles. The topological polar surface area (TPSA) is 43.1 Å². The van der Waals surface area contributed by atoms with Gasteiger partial charge in [0.1, 0.15) is 0 Å². The van der Waals surface area contributed by atoms with Gasteiger partial charge < -0.3 is 0 Å². The molecule has 3 nitrogen and oxygen atoms in total. The second-order valence-electron chi connectivity index (χ2n) is 2.81. The van der Waals surface area contributed by atoms with Crippen LogP contribution in [-0.2, 0) is 6.42 Å². The molecule has 0 N–H and O–H groups in total. The first-order valence-corrected chi connectivity index (χ1v) is 4.62. The molecule has 0 saturated carbocycles. The molecule has 0 saturated heterocycles. The summed E-state index contributed by atoms with van der Waals surface area (Å²) in [7, 11) is 0. The number of benzene rings is 1. The molecule has 14 heavy (non-hydrogen) atoms. The largest absolute Gasteiger partial charge is 0.333 e. The van der Waals surface area contributed by atoms with E-state index in [1.165, 1.54) is 6.08 Å². The molecule has 4 heteroatoms. The van der Waals surface area contributed by atoms with Crippen molar-refractivity contribution in [2.24, 2.45) is 0 Å². The summed E-state index contributed by atoms with van der Waals surface area (Å²) in [5.74, 6) is 0. The van der Waals surface area contributed by atoms with Crippen molar-refractivity contribution in [2.45, 2.75) is 12.8 Å². The highest BCUT2D eigenvalue weighted by Crippen LogP contribution is 2.07. The van der Waals surface area contributed by atoms with Crippen LogP contribution in [0.5, 0.6) is 0 Å². The fourth-order valence-corrected chi connectivity index (χ4v) is 1.19. The SMILES string of the molecule is O=[N+]([O-])/C(Cl)=C/CCc1ccccc1. The minimum Gasteiger partial charge on any atom is -0.257 e. The summed E-state index contributed by atoms with van der Waals surface area (Å²) >= 11 is 5.34. The molecule has 0 unspecified atom stereocenters. The average molecular weight is 212 g/mol. The number of nitro groups is 1. The van der Waals surface area contributed by atoms with Crippen molar-refractivity contribution in [3.8, 4) is 0 Å². The van der Waals surface area contributed by atoms with Crippen LogP contribution in [0.4, 0.5) is 0 Å². The van der Waals surface area contributed by atoms with E-state index in [4.69, 9.17) is 11.6 Å². The molecule has 1 rings (SSSR count). The van der Waals surface area contributed by atoms with Crippen LogP contribution in [0.25, 0.3) is 0 Å². The molecule has 74 valence electrons. The Hall–Kier alpha value is -1.35. The molecule has 0 aromatic heterocycles. The van der Waals surface area contributed by atoms with Crippen LogP contribution in [0.1, 0.15) is 12.0 Å². The molecule has 0 spiro atoms. The average Bonchev–Trinajstić information content (AvgIpc) is 2.19. The molecule has 1 aromatic rings. The van der Waals surface area contributed by atoms with Gasteiger partial charge in [0.25, 0.3) is 0 Å². The van der Waals surface area contributed by atoms with Crippen molar-refractivity contribution in [2.75, 3.05) is 0 Å². The number of halogens is 1. The van der Waals surface area contributed by atoms with E-state index in [-0.39, 0.29) is 5.16 Å². The minimum atomic E-state index is -0.591. The first-order valence-electron chi connectivity index (χ1n) is 4.24. The van der Waals surface area contributed by atoms with Crippen LogP contribution >= 0.6 is 11.6 Å². The van der Waals surface area contributed by atoms with E-state index in [9.17, 15) is 10.1 Å². The van der Waals surface area contributed by atoms with Gasteiger partial charge in [-0.25, -0.2) is 0 Å². The first kappa shape index (κ1) is 10.7. The summed E-state index contributed by atoms with van der Waals surface area (Å²) in [5, 5.41) is 9.84. The Morgan fingerprint density at radius 1 is 1.43 bits per heavy atom. The molecule has 0 aliphatic heterocycles. The number of nitrogens with zero attached hydrogens (tertiary/aromatic N) is 1. The van der Waals surface area contributed by atoms with E-state index in [1.807, 2.05) is 30.3 Å². The van der Waals surface area contributed by atoms with E-state index in [1.54, 1.807) is 0 Å². The van der Waals surface area contributed by atoms with E-state index >= 15 is 0 Å². The molecular weight excluding hydrogens is 202 g/mol. The molecular formula is C10H10ClNO2. The standard InChI is InChI=1S/C10H10ClNO2/c11-10(12(13)14)8-4-7-9-5-2-1-3-6-9/h1-3,5-6,8H,4,7H2/b10-8+. The monoisotopic (exact) mass is 211 g/mol. The molecule has 0 atom stereocenters. The maximum Gasteiger partial charge on any atom is 0.333 e. The lowest BCUT2D eigenvalue weighted by Crippen LogP contribution is -1.91. The van der Waals surface area contributed by atoms with Gasteiger partial charge in [-0.15, -0.1) is 0 Å². The summed E-state index contributed by atoms with van der Waals surface area (Å²) in [6.45, 7) is 0. The van der Waals surface area contributed by atoms with Crippen molar-refractivity contribution >= 4 is 11.6 Å². The fourth-order valence-electron chi connectivity index (χ4n) is 1.08. The van der Waals surface area contributed by atoms with Gasteiger partial charge in [-0.3, -0.25) is 10.1 Å². The fraction of sp³-hybridized carbons (Fsp3) is 0.200. The smallest absolute Gasteiger partial charge is 0.257 e. The molecule has 0 fully saturated rings. The number of rotatable bonds is 4. The second kappa shape index (κ2) is 5.40. The summed E-state index contributed by atoms with van der Waals surface area (Å²) in [4.78, 5) is 9.56. The van der Waals surface area contributed by atoms with Crippen molar-refractivity contribution in [3.63, 3.8) is 0 Å². The van der Waals surface area contributed by atoms with Crippen LogP contribution in [-0.4, -0.2) is 4.92 Å². The molecule has 1 aromatic carbocycles. The molecule has 0 bridgehead atoms. The third-order valence-electron chi connectivity index (χ3n) is 1.76. The maximum atomic E-state index is 10.1. The van der Waals surface area contributed by atoms with Crippen LogP contribution in [0.2, 0.25) is 0 Å². The predicted molar refractivity (Wildman–Crippen MR) is 55.7 cm³/mol. The van der Waals surface area contributed by atoms with Crippen LogP contribution in [0.3, 0.4) is 0 Å². The van der Waals surface area contributed by atoms with Gasteiger partial charge in [0, 0.05) is 6.08 Å². The lowest BCUT2D eigenvalue weighted by molar-refractivity contribution is -0.412. The third-order valence-corrected chi connectivity index (χ3v) is 2.06. The summed E-state index contributed by atoms with van der Waals surface area (Å²) in [5.41, 5.74) is 1.15. The summed E-state index contributed by atoms with van der Waals surface area (Å²) in [6.07, 6.45) is 2.78. The number of allylic oxidation sites excluding steroid dienone is 1. The third kappa shape index (κ3) is 3.58. The zero-order valence-electron chi connectivity index (χ0n) is 7.52. The highest BCUT2D eigenvalue weighted by molar-refractivity contribution is 6.27. The Labute approximate surface area is 87.2 Å². The van der Waals surface area contributed by atoms with Crippen LogP contribution in [0.15, 0.2) is 41.6 Å². The zero-order valence-corrected chi connectivity index (χ0v) is 8.28. The first-order chi connectivity index (χ1) is 6.70. The Morgan fingerprint density at radius 2 is 2.07 bits per heavy atom. The lowest BCUT2D eigenvalue weighted by Gasteiger charge is -1.95. The van der Waals surface area contributed by atoms with Gasteiger partial charge in [-0.1, -0.05) is 30.3 Å². The van der Waals surface area contributed by atoms with Gasteiger partial charge in [0.15, 0.2) is 0 Å². The molecule has 0 aliphatic carbocycles. The Bertz CT molecular complexity index is 335. The van der Waals surface area contributed by atoms with Crippen LogP contribution < -0.4 is 0 Å². The van der Waals surface area contributed by atoms with Gasteiger partial charge in [0.2, 0.25) is 0 Å². The maximum absolute atomic E-state index is 10.1. The van der Waals surface area contributed by atoms with Crippen molar-refractivity contribution < 1.29 is 4.92 Å². The van der Waals surface area contributed by atoms with E-state index in [0.717, 1.165) is 12.0 Å². The van der Waals surface area contributed by atoms with Crippen molar-refractivity contribution in [1.29, 1.82) is 0 Å². The molecule has 0 amide bonds. The Balaban J connectivity index is 2.43. The molecule has 0 aliphatic rings. The number of hydrogen-bond donors (Lipinski definition) is 0. The van der Waals surface area contributed by atoms with E-state index < -0.39 is 4.92 Å². The van der Waals surface area contributed by atoms with Crippen molar-refractivity contribution in [1.82, 2.24) is 0 Å².